The third-order valence-electron chi connectivity index (χ3n) is 1.66. The highest BCUT2D eigenvalue weighted by Gasteiger charge is 2.31. The van der Waals surface area contributed by atoms with Crippen LogP contribution in [0.5, 0.6) is 0 Å². The highest BCUT2D eigenvalue weighted by molar-refractivity contribution is 9.12. The van der Waals surface area contributed by atoms with Crippen molar-refractivity contribution in [2.24, 2.45) is 5.92 Å². The van der Waals surface area contributed by atoms with Crippen LogP contribution in [0.3, 0.4) is 0 Å². The van der Waals surface area contributed by atoms with Crippen molar-refractivity contribution in [2.45, 2.75) is 19.8 Å². The highest BCUT2D eigenvalue weighted by atomic mass is 79.9. The predicted molar refractivity (Wildman–Crippen MR) is 52.5 cm³/mol. The Balaban J connectivity index is 2.34. The smallest absolute Gasteiger partial charge is 0.348 e. The molecule has 0 amide bonds. The summed E-state index contributed by atoms with van der Waals surface area (Å²) in [7, 11) is 0. The van der Waals surface area contributed by atoms with E-state index in [4.69, 9.17) is 4.74 Å². The molecule has 14 heavy (non-hydrogen) atoms. The quantitative estimate of drug-likeness (QED) is 0.440. The first-order valence-electron chi connectivity index (χ1n) is 4.38. The summed E-state index contributed by atoms with van der Waals surface area (Å²) in [6.07, 6.45) is 2.84. The molecule has 1 fully saturated rings. The molecule has 5 heteroatoms. The average molecular weight is 263 g/mol. The largest absolute Gasteiger partial charge is 0.462 e. The Hall–Kier alpha value is -0.840. The first-order valence-corrected chi connectivity index (χ1v) is 5.17. The number of rotatable bonds is 4. The van der Waals surface area contributed by atoms with E-state index < -0.39 is 5.97 Å². The zero-order chi connectivity index (χ0) is 10.6. The molecular formula is C9H11BrO4. The Morgan fingerprint density at radius 2 is 2.14 bits per heavy atom. The monoisotopic (exact) mass is 262 g/mol. The highest BCUT2D eigenvalue weighted by Crippen LogP contribution is 2.30. The number of carbonyl (C=O) groups excluding carboxylic acids is 2. The Morgan fingerprint density at radius 1 is 1.50 bits per heavy atom. The van der Waals surface area contributed by atoms with E-state index in [9.17, 15) is 9.59 Å². The van der Waals surface area contributed by atoms with Crippen LogP contribution in [-0.2, 0) is 19.1 Å². The molecule has 0 unspecified atom stereocenters. The maximum Gasteiger partial charge on any atom is 0.348 e. The molecule has 1 rings (SSSR count). The lowest BCUT2D eigenvalue weighted by Gasteiger charge is -2.00. The van der Waals surface area contributed by atoms with Gasteiger partial charge in [-0.25, -0.2) is 4.79 Å². The minimum Gasteiger partial charge on any atom is -0.462 e. The van der Waals surface area contributed by atoms with Crippen molar-refractivity contribution < 1.29 is 19.1 Å². The summed E-state index contributed by atoms with van der Waals surface area (Å²) >= 11 is 2.95. The summed E-state index contributed by atoms with van der Waals surface area (Å²) in [5.74, 6) is -0.795. The Kier molecular flexibility index (Phi) is 4.13. The molecule has 0 atom stereocenters. The summed E-state index contributed by atoms with van der Waals surface area (Å²) in [6.45, 7) is 1.99. The van der Waals surface area contributed by atoms with Gasteiger partial charge in [-0.05, 0) is 35.7 Å². The predicted octanol–water partition coefficient (Wildman–Crippen LogP) is 1.74. The van der Waals surface area contributed by atoms with Crippen molar-refractivity contribution in [3.63, 3.8) is 0 Å². The van der Waals surface area contributed by atoms with Crippen LogP contribution in [0.1, 0.15) is 19.8 Å². The number of hydrogen-bond acceptors (Lipinski definition) is 4. The Bertz CT molecular complexity index is 268. The molecule has 0 aliphatic heterocycles. The third-order valence-corrected chi connectivity index (χ3v) is 2.17. The van der Waals surface area contributed by atoms with Crippen LogP contribution in [0.25, 0.3) is 0 Å². The molecule has 0 heterocycles. The van der Waals surface area contributed by atoms with E-state index in [1.807, 2.05) is 0 Å². The van der Waals surface area contributed by atoms with Gasteiger partial charge in [0, 0.05) is 0 Å². The first kappa shape index (κ1) is 11.2. The maximum atomic E-state index is 11.1. The van der Waals surface area contributed by atoms with Gasteiger partial charge in [0.2, 0.25) is 0 Å². The molecule has 1 saturated carbocycles. The van der Waals surface area contributed by atoms with E-state index in [-0.39, 0.29) is 16.4 Å². The van der Waals surface area contributed by atoms with Crippen LogP contribution in [0.2, 0.25) is 0 Å². The minimum atomic E-state index is -0.531. The van der Waals surface area contributed by atoms with Crippen LogP contribution >= 0.6 is 15.9 Å². The van der Waals surface area contributed by atoms with Gasteiger partial charge in [0.1, 0.15) is 10.7 Å². The topological polar surface area (TPSA) is 52.6 Å². The van der Waals surface area contributed by atoms with Gasteiger partial charge in [-0.1, -0.05) is 0 Å². The molecule has 0 aromatic rings. The van der Waals surface area contributed by atoms with Crippen molar-refractivity contribution in [1.82, 2.24) is 0 Å². The number of ether oxygens (including phenoxy) is 2. The van der Waals surface area contributed by atoms with Crippen LogP contribution in [0, 0.1) is 5.92 Å². The molecule has 0 radical (unpaired) electrons. The third kappa shape index (κ3) is 3.49. The van der Waals surface area contributed by atoms with Crippen LogP contribution in [0.4, 0.5) is 0 Å². The molecule has 0 bridgehead atoms. The van der Waals surface area contributed by atoms with Gasteiger partial charge in [-0.15, -0.1) is 0 Å². The van der Waals surface area contributed by atoms with Gasteiger partial charge in [0.15, 0.2) is 0 Å². The van der Waals surface area contributed by atoms with Crippen molar-refractivity contribution in [1.29, 1.82) is 0 Å². The maximum absolute atomic E-state index is 11.1. The molecule has 0 aromatic carbocycles. The van der Waals surface area contributed by atoms with E-state index in [1.54, 1.807) is 6.92 Å². The minimum absolute atomic E-state index is 0.0220. The lowest BCUT2D eigenvalue weighted by Crippen LogP contribution is -2.06. The zero-order valence-corrected chi connectivity index (χ0v) is 9.37. The average Bonchev–Trinajstić information content (AvgIpc) is 2.97. The summed E-state index contributed by atoms with van der Waals surface area (Å²) in [5.41, 5.74) is 0. The summed E-state index contributed by atoms with van der Waals surface area (Å²) in [5, 5.41) is 0. The number of hydrogen-bond donors (Lipinski definition) is 0. The fourth-order valence-electron chi connectivity index (χ4n) is 0.773. The molecule has 1 aliphatic rings. The Labute approximate surface area is 90.4 Å². The number of carbonyl (C=O) groups is 2. The van der Waals surface area contributed by atoms with E-state index in [0.29, 0.717) is 6.61 Å². The van der Waals surface area contributed by atoms with E-state index in [2.05, 4.69) is 20.7 Å². The number of halogens is 1. The van der Waals surface area contributed by atoms with E-state index in [0.717, 1.165) is 19.1 Å². The molecule has 0 spiro atoms. The molecule has 1 aliphatic carbocycles. The fraction of sp³-hybridized carbons (Fsp3) is 0.556. The van der Waals surface area contributed by atoms with Crippen molar-refractivity contribution in [3.8, 4) is 0 Å². The van der Waals surface area contributed by atoms with Crippen molar-refractivity contribution in [2.75, 3.05) is 6.61 Å². The van der Waals surface area contributed by atoms with Gasteiger partial charge in [0.25, 0.3) is 0 Å². The lowest BCUT2D eigenvalue weighted by molar-refractivity contribution is -0.140. The summed E-state index contributed by atoms with van der Waals surface area (Å²) < 4.78 is 9.53. The second-order valence-electron chi connectivity index (χ2n) is 2.90. The van der Waals surface area contributed by atoms with Crippen LogP contribution < -0.4 is 0 Å². The second-order valence-corrected chi connectivity index (χ2v) is 3.75. The summed E-state index contributed by atoms with van der Waals surface area (Å²) in [4.78, 5) is 22.1. The normalized spacial score (nSPS) is 16.3. The Morgan fingerprint density at radius 3 is 2.64 bits per heavy atom. The van der Waals surface area contributed by atoms with Gasteiger partial charge >= 0.3 is 11.9 Å². The van der Waals surface area contributed by atoms with Crippen LogP contribution in [0.15, 0.2) is 10.7 Å². The molecule has 78 valence electrons. The number of esters is 2. The van der Waals surface area contributed by atoms with Crippen LogP contribution in [-0.4, -0.2) is 18.5 Å². The molecule has 0 N–H and O–H groups in total. The molecule has 0 aromatic heterocycles. The van der Waals surface area contributed by atoms with E-state index >= 15 is 0 Å². The van der Waals surface area contributed by atoms with Gasteiger partial charge < -0.3 is 9.47 Å². The van der Waals surface area contributed by atoms with Gasteiger partial charge in [-0.2, -0.15) is 0 Å². The van der Waals surface area contributed by atoms with Crippen molar-refractivity contribution in [3.05, 3.63) is 10.7 Å². The van der Waals surface area contributed by atoms with E-state index in [1.165, 1.54) is 0 Å². The van der Waals surface area contributed by atoms with Gasteiger partial charge in [0.05, 0.1) is 12.5 Å². The SMILES string of the molecule is CCOC(=O)C(Br)=COC(=O)C1CC1. The van der Waals surface area contributed by atoms with Gasteiger partial charge in [-0.3, -0.25) is 4.79 Å². The molecule has 0 saturated heterocycles. The fourth-order valence-corrected chi connectivity index (χ4v) is 0.981. The zero-order valence-electron chi connectivity index (χ0n) is 7.79. The first-order chi connectivity index (χ1) is 6.65. The second kappa shape index (κ2) is 5.14. The molecular weight excluding hydrogens is 252 g/mol. The van der Waals surface area contributed by atoms with Crippen molar-refractivity contribution >= 4 is 27.9 Å². The standard InChI is InChI=1S/C9H11BrO4/c1-2-13-9(12)7(10)5-14-8(11)6-3-4-6/h5-6H,2-4H2,1H3. The molecule has 4 nitrogen and oxygen atoms in total. The summed E-state index contributed by atoms with van der Waals surface area (Å²) in [6, 6.07) is 0. The lowest BCUT2D eigenvalue weighted by atomic mass is 10.4.